The number of nitrogens with one attached hydrogen (secondary N) is 2. The van der Waals surface area contributed by atoms with Crippen LogP contribution in [0.4, 0.5) is 0 Å². The fourth-order valence-electron chi connectivity index (χ4n) is 2.59. The molecule has 2 aromatic heterocycles. The maximum Gasteiger partial charge on any atom is 0.226 e. The predicted molar refractivity (Wildman–Crippen MR) is 87.7 cm³/mol. The van der Waals surface area contributed by atoms with E-state index < -0.39 is 0 Å². The summed E-state index contributed by atoms with van der Waals surface area (Å²) in [5.74, 6) is 0.604. The average Bonchev–Trinajstić information content (AvgIpc) is 3.03. The van der Waals surface area contributed by atoms with E-state index >= 15 is 0 Å². The maximum absolute atomic E-state index is 12.0. The molecule has 1 aliphatic heterocycles. The zero-order valence-electron chi connectivity index (χ0n) is 12.4. The highest BCUT2D eigenvalue weighted by Crippen LogP contribution is 2.22. The van der Waals surface area contributed by atoms with Gasteiger partial charge in [-0.05, 0) is 44.0 Å². The van der Waals surface area contributed by atoms with Crippen LogP contribution in [0.2, 0.25) is 0 Å². The third-order valence-corrected chi connectivity index (χ3v) is 4.73. The van der Waals surface area contributed by atoms with Crippen LogP contribution in [0.5, 0.6) is 0 Å². The Bertz CT molecular complexity index is 608. The lowest BCUT2D eigenvalue weighted by molar-refractivity contribution is -0.120. The van der Waals surface area contributed by atoms with E-state index in [2.05, 4.69) is 20.6 Å². The largest absolute Gasteiger partial charge is 0.355 e. The molecule has 5 nitrogen and oxygen atoms in total. The first-order valence-electron chi connectivity index (χ1n) is 7.63. The summed E-state index contributed by atoms with van der Waals surface area (Å²) in [5.41, 5.74) is 1.82. The monoisotopic (exact) mass is 316 g/mol. The smallest absolute Gasteiger partial charge is 0.226 e. The van der Waals surface area contributed by atoms with Crippen LogP contribution in [-0.4, -0.2) is 35.5 Å². The Morgan fingerprint density at radius 3 is 3.23 bits per heavy atom. The minimum Gasteiger partial charge on any atom is -0.355 e. The van der Waals surface area contributed by atoms with Gasteiger partial charge in [0.15, 0.2) is 0 Å². The van der Waals surface area contributed by atoms with Crippen molar-refractivity contribution in [3.8, 4) is 10.6 Å². The van der Waals surface area contributed by atoms with Crippen LogP contribution in [0.1, 0.15) is 18.5 Å². The predicted octanol–water partition coefficient (Wildman–Crippen LogP) is 1.86. The first kappa shape index (κ1) is 15.1. The molecule has 0 saturated carbocycles. The van der Waals surface area contributed by atoms with Gasteiger partial charge in [0.2, 0.25) is 5.91 Å². The molecule has 1 unspecified atom stereocenters. The molecule has 2 aromatic rings. The molecule has 6 heteroatoms. The highest BCUT2D eigenvalue weighted by molar-refractivity contribution is 7.13. The Morgan fingerprint density at radius 1 is 1.50 bits per heavy atom. The zero-order valence-corrected chi connectivity index (χ0v) is 13.2. The molecule has 0 spiro atoms. The van der Waals surface area contributed by atoms with E-state index in [1.165, 1.54) is 12.8 Å². The van der Waals surface area contributed by atoms with Crippen LogP contribution in [-0.2, 0) is 11.2 Å². The van der Waals surface area contributed by atoms with Crippen molar-refractivity contribution in [2.24, 2.45) is 5.92 Å². The van der Waals surface area contributed by atoms with E-state index in [1.54, 1.807) is 23.7 Å². The molecule has 1 amide bonds. The van der Waals surface area contributed by atoms with Gasteiger partial charge in [0.1, 0.15) is 5.01 Å². The van der Waals surface area contributed by atoms with E-state index in [4.69, 9.17) is 0 Å². The fraction of sp³-hybridized carbons (Fsp3) is 0.438. The summed E-state index contributed by atoms with van der Waals surface area (Å²) < 4.78 is 0. The van der Waals surface area contributed by atoms with Crippen molar-refractivity contribution >= 4 is 17.2 Å². The van der Waals surface area contributed by atoms with Gasteiger partial charge in [-0.3, -0.25) is 9.78 Å². The molecule has 3 heterocycles. The van der Waals surface area contributed by atoms with E-state index in [-0.39, 0.29) is 5.91 Å². The van der Waals surface area contributed by atoms with Crippen LogP contribution < -0.4 is 10.6 Å². The van der Waals surface area contributed by atoms with Gasteiger partial charge >= 0.3 is 0 Å². The second-order valence-corrected chi connectivity index (χ2v) is 6.44. The number of piperidine rings is 1. The van der Waals surface area contributed by atoms with Crippen molar-refractivity contribution < 1.29 is 4.79 Å². The number of thiazole rings is 1. The van der Waals surface area contributed by atoms with Crippen LogP contribution in [0.3, 0.4) is 0 Å². The number of carbonyl (C=O) groups is 1. The molecule has 2 N–H and O–H groups in total. The van der Waals surface area contributed by atoms with Crippen molar-refractivity contribution in [2.75, 3.05) is 19.6 Å². The van der Waals surface area contributed by atoms with Gasteiger partial charge in [-0.25, -0.2) is 4.98 Å². The topological polar surface area (TPSA) is 66.9 Å². The zero-order chi connectivity index (χ0) is 15.2. The lowest BCUT2D eigenvalue weighted by Gasteiger charge is -2.22. The Kier molecular flexibility index (Phi) is 5.13. The molecule has 1 saturated heterocycles. The normalized spacial score (nSPS) is 18.1. The summed E-state index contributed by atoms with van der Waals surface area (Å²) in [6.07, 6.45) is 6.26. The van der Waals surface area contributed by atoms with E-state index in [9.17, 15) is 4.79 Å². The second kappa shape index (κ2) is 7.47. The third-order valence-electron chi connectivity index (χ3n) is 3.79. The van der Waals surface area contributed by atoms with E-state index in [0.717, 1.165) is 35.9 Å². The molecular formula is C16H20N4OS. The molecule has 0 bridgehead atoms. The van der Waals surface area contributed by atoms with Gasteiger partial charge in [-0.15, -0.1) is 11.3 Å². The summed E-state index contributed by atoms with van der Waals surface area (Å²) in [7, 11) is 0. The SMILES string of the molecule is O=C(Cc1csc(-c2cccnc2)n1)NCC1CCCNC1. The first-order chi connectivity index (χ1) is 10.8. The molecule has 0 aliphatic carbocycles. The number of nitrogens with zero attached hydrogens (tertiary/aromatic N) is 2. The molecular weight excluding hydrogens is 296 g/mol. The Hall–Kier alpha value is -1.79. The number of amides is 1. The highest BCUT2D eigenvalue weighted by atomic mass is 32.1. The molecule has 1 fully saturated rings. The highest BCUT2D eigenvalue weighted by Gasteiger charge is 2.14. The Balaban J connectivity index is 1.50. The van der Waals surface area contributed by atoms with Crippen molar-refractivity contribution in [1.82, 2.24) is 20.6 Å². The standard InChI is InChI=1S/C16H20N4OS/c21-15(19-9-12-3-1-5-17-8-12)7-14-11-22-16(20-14)13-4-2-6-18-10-13/h2,4,6,10-12,17H,1,3,5,7-9H2,(H,19,21). The maximum atomic E-state index is 12.0. The number of pyridine rings is 1. The second-order valence-electron chi connectivity index (χ2n) is 5.58. The fourth-order valence-corrected chi connectivity index (χ4v) is 3.40. The molecule has 3 rings (SSSR count). The number of aromatic nitrogens is 2. The van der Waals surface area contributed by atoms with Gasteiger partial charge in [-0.2, -0.15) is 0 Å². The van der Waals surface area contributed by atoms with Crippen molar-refractivity contribution in [1.29, 1.82) is 0 Å². The Labute approximate surface area is 134 Å². The van der Waals surface area contributed by atoms with Crippen LogP contribution >= 0.6 is 11.3 Å². The number of carbonyl (C=O) groups excluding carboxylic acids is 1. The van der Waals surface area contributed by atoms with Gasteiger partial charge in [0.25, 0.3) is 0 Å². The molecule has 116 valence electrons. The van der Waals surface area contributed by atoms with Crippen molar-refractivity contribution in [3.05, 3.63) is 35.6 Å². The molecule has 0 radical (unpaired) electrons. The lowest BCUT2D eigenvalue weighted by atomic mass is 10.00. The Morgan fingerprint density at radius 2 is 2.45 bits per heavy atom. The van der Waals surface area contributed by atoms with Crippen molar-refractivity contribution in [3.63, 3.8) is 0 Å². The molecule has 1 atom stereocenters. The summed E-state index contributed by atoms with van der Waals surface area (Å²) in [5, 5.41) is 9.24. The van der Waals surface area contributed by atoms with Crippen LogP contribution in [0.15, 0.2) is 29.9 Å². The van der Waals surface area contributed by atoms with Crippen LogP contribution in [0.25, 0.3) is 10.6 Å². The third kappa shape index (κ3) is 4.11. The number of hydrogen-bond acceptors (Lipinski definition) is 5. The molecule has 22 heavy (non-hydrogen) atoms. The molecule has 0 aromatic carbocycles. The van der Waals surface area contributed by atoms with E-state index in [0.29, 0.717) is 12.3 Å². The van der Waals surface area contributed by atoms with E-state index in [1.807, 2.05) is 17.5 Å². The molecule has 1 aliphatic rings. The van der Waals surface area contributed by atoms with Gasteiger partial charge in [-0.1, -0.05) is 0 Å². The number of hydrogen-bond donors (Lipinski definition) is 2. The summed E-state index contributed by atoms with van der Waals surface area (Å²) >= 11 is 1.55. The quantitative estimate of drug-likeness (QED) is 0.883. The minimum atomic E-state index is 0.0496. The van der Waals surface area contributed by atoms with Gasteiger partial charge < -0.3 is 10.6 Å². The van der Waals surface area contributed by atoms with Gasteiger partial charge in [0.05, 0.1) is 12.1 Å². The van der Waals surface area contributed by atoms with Crippen molar-refractivity contribution in [2.45, 2.75) is 19.3 Å². The minimum absolute atomic E-state index is 0.0496. The first-order valence-corrected chi connectivity index (χ1v) is 8.51. The van der Waals surface area contributed by atoms with Crippen LogP contribution in [0, 0.1) is 5.92 Å². The average molecular weight is 316 g/mol. The summed E-state index contributed by atoms with van der Waals surface area (Å²) in [6.45, 7) is 2.86. The van der Waals surface area contributed by atoms with Gasteiger partial charge in [0, 0.05) is 29.9 Å². The summed E-state index contributed by atoms with van der Waals surface area (Å²) in [4.78, 5) is 20.6. The lowest BCUT2D eigenvalue weighted by Crippen LogP contribution is -2.38. The summed E-state index contributed by atoms with van der Waals surface area (Å²) in [6, 6.07) is 3.87. The number of rotatable bonds is 5.